The van der Waals surface area contributed by atoms with Crippen molar-refractivity contribution in [1.29, 1.82) is 0 Å². The monoisotopic (exact) mass is 386 g/mol. The van der Waals surface area contributed by atoms with E-state index >= 15 is 0 Å². The Morgan fingerprint density at radius 3 is 2.76 bits per heavy atom. The molecule has 1 aromatic heterocycles. The van der Waals surface area contributed by atoms with E-state index < -0.39 is 0 Å². The van der Waals surface area contributed by atoms with Crippen LogP contribution in [0.2, 0.25) is 0 Å². The standard InChI is InChI=1S/C24H26N4O/c29-24(20-3-1-2-18(12-20)15-28-11-10-25-16-28)27-21-8-6-19(7-9-21)22-13-23(22)26-14-17-4-5-17/h1-3,6-12,16-17,22-23,26H,4-5,13-15H2,(H,27,29)/t22-,23+/m0/s1. The largest absolute Gasteiger partial charge is 0.333 e. The van der Waals surface area contributed by atoms with Crippen LogP contribution in [-0.4, -0.2) is 28.0 Å². The van der Waals surface area contributed by atoms with E-state index in [0.717, 1.165) is 17.2 Å². The molecule has 0 radical (unpaired) electrons. The second kappa shape index (κ2) is 7.84. The minimum atomic E-state index is -0.0828. The van der Waals surface area contributed by atoms with E-state index in [0.29, 0.717) is 24.1 Å². The van der Waals surface area contributed by atoms with Gasteiger partial charge < -0.3 is 15.2 Å². The fourth-order valence-electron chi connectivity index (χ4n) is 3.85. The predicted molar refractivity (Wildman–Crippen MR) is 114 cm³/mol. The molecule has 5 rings (SSSR count). The number of carbonyl (C=O) groups excluding carboxylic acids is 1. The van der Waals surface area contributed by atoms with Gasteiger partial charge in [0.25, 0.3) is 5.91 Å². The van der Waals surface area contributed by atoms with Gasteiger partial charge in [0.05, 0.1) is 6.33 Å². The number of amides is 1. The maximum Gasteiger partial charge on any atom is 0.255 e. The highest BCUT2D eigenvalue weighted by molar-refractivity contribution is 6.04. The van der Waals surface area contributed by atoms with E-state index in [1.807, 2.05) is 47.2 Å². The number of hydrogen-bond acceptors (Lipinski definition) is 3. The molecule has 0 bridgehead atoms. The third-order valence-electron chi connectivity index (χ3n) is 5.87. The van der Waals surface area contributed by atoms with Gasteiger partial charge in [-0.25, -0.2) is 4.98 Å². The third-order valence-corrected chi connectivity index (χ3v) is 5.87. The molecule has 2 N–H and O–H groups in total. The molecule has 0 saturated heterocycles. The number of benzene rings is 2. The Balaban J connectivity index is 1.17. The van der Waals surface area contributed by atoms with Crippen molar-refractivity contribution >= 4 is 11.6 Å². The Morgan fingerprint density at radius 2 is 2.00 bits per heavy atom. The Morgan fingerprint density at radius 1 is 1.14 bits per heavy atom. The molecule has 1 heterocycles. The predicted octanol–water partition coefficient (Wildman–Crippen LogP) is 4.04. The molecule has 2 saturated carbocycles. The Bertz CT molecular complexity index is 976. The van der Waals surface area contributed by atoms with Crippen LogP contribution in [0.15, 0.2) is 67.3 Å². The van der Waals surface area contributed by atoms with Crippen molar-refractivity contribution in [2.45, 2.75) is 37.8 Å². The van der Waals surface area contributed by atoms with Crippen LogP contribution in [0.25, 0.3) is 0 Å². The minimum Gasteiger partial charge on any atom is -0.333 e. The van der Waals surface area contributed by atoms with Gasteiger partial charge in [-0.2, -0.15) is 0 Å². The average molecular weight is 386 g/mol. The highest BCUT2D eigenvalue weighted by Crippen LogP contribution is 2.41. The molecule has 2 aliphatic carbocycles. The molecule has 2 aromatic carbocycles. The first-order valence-corrected chi connectivity index (χ1v) is 10.4. The molecule has 29 heavy (non-hydrogen) atoms. The molecule has 2 fully saturated rings. The zero-order chi connectivity index (χ0) is 19.6. The molecule has 2 aliphatic rings. The summed E-state index contributed by atoms with van der Waals surface area (Å²) in [5, 5.41) is 6.70. The average Bonchev–Trinajstić information content (AvgIpc) is 3.66. The molecule has 5 heteroatoms. The zero-order valence-corrected chi connectivity index (χ0v) is 16.4. The van der Waals surface area contributed by atoms with Gasteiger partial charge in [-0.3, -0.25) is 4.79 Å². The van der Waals surface area contributed by atoms with E-state index in [9.17, 15) is 4.79 Å². The molecular weight excluding hydrogens is 360 g/mol. The van der Waals surface area contributed by atoms with E-state index in [-0.39, 0.29) is 5.91 Å². The van der Waals surface area contributed by atoms with Crippen LogP contribution in [0.1, 0.15) is 46.7 Å². The van der Waals surface area contributed by atoms with Crippen LogP contribution < -0.4 is 10.6 Å². The van der Waals surface area contributed by atoms with Crippen molar-refractivity contribution < 1.29 is 4.79 Å². The third kappa shape index (κ3) is 4.57. The summed E-state index contributed by atoms with van der Waals surface area (Å²) in [5.41, 5.74) is 3.93. The lowest BCUT2D eigenvalue weighted by Gasteiger charge is -2.09. The van der Waals surface area contributed by atoms with Gasteiger partial charge in [0.1, 0.15) is 0 Å². The van der Waals surface area contributed by atoms with Gasteiger partial charge >= 0.3 is 0 Å². The lowest BCUT2D eigenvalue weighted by molar-refractivity contribution is 0.102. The van der Waals surface area contributed by atoms with Gasteiger partial charge in [0.2, 0.25) is 0 Å². The molecule has 5 nitrogen and oxygen atoms in total. The molecular formula is C24H26N4O. The number of hydrogen-bond donors (Lipinski definition) is 2. The highest BCUT2D eigenvalue weighted by Gasteiger charge is 2.38. The van der Waals surface area contributed by atoms with Crippen molar-refractivity contribution in [1.82, 2.24) is 14.9 Å². The van der Waals surface area contributed by atoms with Crippen molar-refractivity contribution in [2.24, 2.45) is 5.92 Å². The lowest BCUT2D eigenvalue weighted by atomic mass is 10.1. The number of nitrogens with zero attached hydrogens (tertiary/aromatic N) is 2. The van der Waals surface area contributed by atoms with Crippen LogP contribution in [-0.2, 0) is 6.54 Å². The first kappa shape index (κ1) is 18.1. The van der Waals surface area contributed by atoms with Crippen LogP contribution in [0.5, 0.6) is 0 Å². The minimum absolute atomic E-state index is 0.0828. The molecule has 0 unspecified atom stereocenters. The van der Waals surface area contributed by atoms with E-state index in [1.54, 1.807) is 12.5 Å². The van der Waals surface area contributed by atoms with Crippen molar-refractivity contribution in [3.8, 4) is 0 Å². The maximum atomic E-state index is 12.7. The van der Waals surface area contributed by atoms with Gasteiger partial charge in [0, 0.05) is 42.1 Å². The normalized spacial score (nSPS) is 20.4. The number of carbonyl (C=O) groups is 1. The first-order valence-electron chi connectivity index (χ1n) is 10.4. The van der Waals surface area contributed by atoms with Crippen molar-refractivity contribution in [3.05, 3.63) is 83.9 Å². The number of imidazole rings is 1. The number of nitrogens with one attached hydrogen (secondary N) is 2. The smallest absolute Gasteiger partial charge is 0.255 e. The summed E-state index contributed by atoms with van der Waals surface area (Å²) in [6.45, 7) is 1.88. The molecule has 148 valence electrons. The second-order valence-electron chi connectivity index (χ2n) is 8.31. The molecule has 0 spiro atoms. The Labute approximate surface area is 171 Å². The maximum absolute atomic E-state index is 12.7. The van der Waals surface area contributed by atoms with Crippen LogP contribution >= 0.6 is 0 Å². The lowest BCUT2D eigenvalue weighted by Crippen LogP contribution is -2.20. The van der Waals surface area contributed by atoms with E-state index in [2.05, 4.69) is 27.8 Å². The van der Waals surface area contributed by atoms with Crippen LogP contribution in [0.4, 0.5) is 5.69 Å². The van der Waals surface area contributed by atoms with E-state index in [1.165, 1.54) is 31.4 Å². The summed E-state index contributed by atoms with van der Waals surface area (Å²) in [5.74, 6) is 1.46. The fourth-order valence-corrected chi connectivity index (χ4v) is 3.85. The molecule has 2 atom stereocenters. The Kier molecular flexibility index (Phi) is 4.90. The summed E-state index contributed by atoms with van der Waals surface area (Å²) >= 11 is 0. The van der Waals surface area contributed by atoms with Crippen LogP contribution in [0, 0.1) is 5.92 Å². The van der Waals surface area contributed by atoms with Gasteiger partial charge in [-0.15, -0.1) is 0 Å². The second-order valence-corrected chi connectivity index (χ2v) is 8.31. The topological polar surface area (TPSA) is 59.0 Å². The Hall–Kier alpha value is -2.92. The molecule has 3 aromatic rings. The summed E-state index contributed by atoms with van der Waals surface area (Å²) in [6.07, 6.45) is 9.46. The van der Waals surface area contributed by atoms with Gasteiger partial charge in [-0.05, 0) is 67.1 Å². The van der Waals surface area contributed by atoms with Crippen molar-refractivity contribution in [3.63, 3.8) is 0 Å². The quantitative estimate of drug-likeness (QED) is 0.614. The van der Waals surface area contributed by atoms with Crippen LogP contribution in [0.3, 0.4) is 0 Å². The number of aromatic nitrogens is 2. The summed E-state index contributed by atoms with van der Waals surface area (Å²) in [7, 11) is 0. The van der Waals surface area contributed by atoms with Crippen molar-refractivity contribution in [2.75, 3.05) is 11.9 Å². The van der Waals surface area contributed by atoms with E-state index in [4.69, 9.17) is 0 Å². The highest BCUT2D eigenvalue weighted by atomic mass is 16.1. The fraction of sp³-hybridized carbons (Fsp3) is 0.333. The first-order chi connectivity index (χ1) is 14.2. The molecule has 1 amide bonds. The summed E-state index contributed by atoms with van der Waals surface area (Å²) in [6, 6.07) is 16.7. The van der Waals surface area contributed by atoms with Gasteiger partial charge in [-0.1, -0.05) is 24.3 Å². The summed E-state index contributed by atoms with van der Waals surface area (Å²) < 4.78 is 1.99. The number of anilines is 1. The zero-order valence-electron chi connectivity index (χ0n) is 16.4. The van der Waals surface area contributed by atoms with Gasteiger partial charge in [0.15, 0.2) is 0 Å². The SMILES string of the molecule is O=C(Nc1ccc([C@@H]2C[C@H]2NCC2CC2)cc1)c1cccc(Cn2ccnc2)c1. The number of rotatable bonds is 8. The molecule has 0 aliphatic heterocycles. The summed E-state index contributed by atoms with van der Waals surface area (Å²) in [4.78, 5) is 16.7.